The summed E-state index contributed by atoms with van der Waals surface area (Å²) in [5.74, 6) is -1.74. The number of aryl methyl sites for hydroxylation is 1. The van der Waals surface area contributed by atoms with E-state index in [-0.39, 0.29) is 30.3 Å². The molecule has 1 fully saturated rings. The summed E-state index contributed by atoms with van der Waals surface area (Å²) in [6.07, 6.45) is -1.03. The van der Waals surface area contributed by atoms with Gasteiger partial charge in [-0.05, 0) is 19.9 Å². The van der Waals surface area contributed by atoms with E-state index < -0.39 is 24.2 Å². The molecule has 1 aromatic heterocycles. The van der Waals surface area contributed by atoms with Gasteiger partial charge in [-0.2, -0.15) is 0 Å². The lowest BCUT2D eigenvalue weighted by Gasteiger charge is -2.26. The van der Waals surface area contributed by atoms with Crippen LogP contribution in [-0.4, -0.2) is 46.5 Å². The Bertz CT molecular complexity index is 645. The molecule has 2 heterocycles. The predicted octanol–water partition coefficient (Wildman–Crippen LogP) is 1.89. The summed E-state index contributed by atoms with van der Waals surface area (Å²) >= 11 is 1.26. The highest BCUT2D eigenvalue weighted by atomic mass is 32.1. The smallest absolute Gasteiger partial charge is 0.336 e. The van der Waals surface area contributed by atoms with Crippen LogP contribution in [0, 0.1) is 6.92 Å². The van der Waals surface area contributed by atoms with Crippen molar-refractivity contribution in [3.63, 3.8) is 0 Å². The van der Waals surface area contributed by atoms with E-state index in [1.54, 1.807) is 13.8 Å². The van der Waals surface area contributed by atoms with Crippen molar-refractivity contribution in [2.45, 2.75) is 45.4 Å². The third-order valence-corrected chi connectivity index (χ3v) is 4.97. The summed E-state index contributed by atoms with van der Waals surface area (Å²) in [7, 11) is 0. The second-order valence-corrected chi connectivity index (χ2v) is 6.97. The zero-order valence-corrected chi connectivity index (χ0v) is 13.9. The molecule has 8 heteroatoms. The second kappa shape index (κ2) is 6.66. The average molecular weight is 342 g/mol. The maximum atomic E-state index is 13.9. The van der Waals surface area contributed by atoms with E-state index in [0.29, 0.717) is 9.75 Å². The minimum absolute atomic E-state index is 0.0488. The van der Waals surface area contributed by atoms with E-state index in [2.05, 4.69) is 5.32 Å². The molecule has 126 valence electrons. The van der Waals surface area contributed by atoms with Gasteiger partial charge in [-0.25, -0.2) is 9.18 Å². The fraction of sp³-hybridized carbons (Fsp3) is 0.533. The number of halogens is 1. The van der Waals surface area contributed by atoms with Gasteiger partial charge in [0.25, 0.3) is 0 Å². The highest BCUT2D eigenvalue weighted by Crippen LogP contribution is 2.38. The van der Waals surface area contributed by atoms with Crippen LogP contribution in [0.25, 0.3) is 0 Å². The lowest BCUT2D eigenvalue weighted by Crippen LogP contribution is -2.46. The number of likely N-dealkylation sites (tertiary alicyclic amines) is 1. The molecule has 1 aromatic rings. The minimum atomic E-state index is -1.16. The van der Waals surface area contributed by atoms with Crippen LogP contribution in [0.5, 0.6) is 0 Å². The Morgan fingerprint density at radius 3 is 2.65 bits per heavy atom. The Morgan fingerprint density at radius 2 is 2.13 bits per heavy atom. The SMILES string of the molecule is CC(=O)N[C@@H](C)C(=O)N1C[C@H](F)C[C@H]1c1cc(C(=O)O)c(C)s1. The minimum Gasteiger partial charge on any atom is -0.478 e. The second-order valence-electron chi connectivity index (χ2n) is 5.69. The van der Waals surface area contributed by atoms with Crippen LogP contribution in [-0.2, 0) is 9.59 Å². The maximum Gasteiger partial charge on any atom is 0.336 e. The number of rotatable bonds is 4. The lowest BCUT2D eigenvalue weighted by molar-refractivity contribution is -0.136. The molecule has 1 aliphatic heterocycles. The number of carboxylic acids is 1. The first-order chi connectivity index (χ1) is 10.7. The van der Waals surface area contributed by atoms with Gasteiger partial charge in [0, 0.05) is 23.1 Å². The molecule has 0 aliphatic carbocycles. The largest absolute Gasteiger partial charge is 0.478 e. The summed E-state index contributed by atoms with van der Waals surface area (Å²) in [5.41, 5.74) is 0.176. The van der Waals surface area contributed by atoms with Crippen molar-refractivity contribution in [3.8, 4) is 0 Å². The number of hydrogen-bond donors (Lipinski definition) is 2. The molecule has 0 bridgehead atoms. The first-order valence-corrected chi connectivity index (χ1v) is 8.07. The highest BCUT2D eigenvalue weighted by molar-refractivity contribution is 7.12. The van der Waals surface area contributed by atoms with E-state index in [9.17, 15) is 18.8 Å². The number of aromatic carboxylic acids is 1. The number of hydrogen-bond acceptors (Lipinski definition) is 4. The number of carboxylic acid groups (broad SMARTS) is 1. The van der Waals surface area contributed by atoms with Gasteiger partial charge in [0.15, 0.2) is 0 Å². The molecular formula is C15H19FN2O4S. The third kappa shape index (κ3) is 3.69. The summed E-state index contributed by atoms with van der Waals surface area (Å²) in [6.45, 7) is 4.50. The monoisotopic (exact) mass is 342 g/mol. The average Bonchev–Trinajstić information content (AvgIpc) is 3.00. The first kappa shape index (κ1) is 17.4. The van der Waals surface area contributed by atoms with Crippen LogP contribution in [0.2, 0.25) is 0 Å². The summed E-state index contributed by atoms with van der Waals surface area (Å²) in [6, 6.07) is 0.264. The molecule has 2 N–H and O–H groups in total. The highest BCUT2D eigenvalue weighted by Gasteiger charge is 2.39. The van der Waals surface area contributed by atoms with Crippen molar-refractivity contribution in [1.29, 1.82) is 0 Å². The van der Waals surface area contributed by atoms with Crippen LogP contribution in [0.4, 0.5) is 4.39 Å². The van der Waals surface area contributed by atoms with Gasteiger partial charge < -0.3 is 15.3 Å². The van der Waals surface area contributed by atoms with Crippen molar-refractivity contribution < 1.29 is 23.9 Å². The quantitative estimate of drug-likeness (QED) is 0.875. The Hall–Kier alpha value is -1.96. The summed E-state index contributed by atoms with van der Waals surface area (Å²) in [4.78, 5) is 37.4. The van der Waals surface area contributed by atoms with E-state index in [0.717, 1.165) is 0 Å². The molecule has 0 aromatic carbocycles. The number of alkyl halides is 1. The van der Waals surface area contributed by atoms with Crippen molar-refractivity contribution in [2.24, 2.45) is 0 Å². The van der Waals surface area contributed by atoms with Crippen molar-refractivity contribution >= 4 is 29.1 Å². The Balaban J connectivity index is 2.26. The van der Waals surface area contributed by atoms with Gasteiger partial charge in [0.05, 0.1) is 18.2 Å². The fourth-order valence-electron chi connectivity index (χ4n) is 2.80. The van der Waals surface area contributed by atoms with E-state index in [4.69, 9.17) is 5.11 Å². The number of carbonyl (C=O) groups is 3. The van der Waals surface area contributed by atoms with Gasteiger partial charge in [-0.3, -0.25) is 9.59 Å². The molecule has 2 rings (SSSR count). The normalized spacial score (nSPS) is 22.0. The summed E-state index contributed by atoms with van der Waals surface area (Å²) in [5, 5.41) is 11.6. The van der Waals surface area contributed by atoms with Gasteiger partial charge in [-0.15, -0.1) is 11.3 Å². The van der Waals surface area contributed by atoms with E-state index in [1.165, 1.54) is 29.2 Å². The van der Waals surface area contributed by atoms with Gasteiger partial charge >= 0.3 is 5.97 Å². The van der Waals surface area contributed by atoms with Crippen LogP contribution in [0.15, 0.2) is 6.07 Å². The molecule has 0 radical (unpaired) electrons. The molecule has 0 saturated carbocycles. The van der Waals surface area contributed by atoms with E-state index >= 15 is 0 Å². The van der Waals surface area contributed by atoms with Crippen LogP contribution < -0.4 is 5.32 Å². The fourth-order valence-corrected chi connectivity index (χ4v) is 3.94. The molecule has 23 heavy (non-hydrogen) atoms. The van der Waals surface area contributed by atoms with E-state index in [1.807, 2.05) is 0 Å². The lowest BCUT2D eigenvalue weighted by atomic mass is 10.1. The van der Waals surface area contributed by atoms with Crippen molar-refractivity contribution in [3.05, 3.63) is 21.4 Å². The summed E-state index contributed by atoms with van der Waals surface area (Å²) < 4.78 is 13.9. The molecule has 0 spiro atoms. The third-order valence-electron chi connectivity index (χ3n) is 3.82. The number of nitrogens with zero attached hydrogens (tertiary/aromatic N) is 1. The number of thiophene rings is 1. The number of nitrogens with one attached hydrogen (secondary N) is 1. The molecule has 3 atom stereocenters. The van der Waals surface area contributed by atoms with Crippen LogP contribution >= 0.6 is 11.3 Å². The number of carbonyl (C=O) groups excluding carboxylic acids is 2. The zero-order valence-electron chi connectivity index (χ0n) is 13.1. The topological polar surface area (TPSA) is 86.7 Å². The molecule has 2 amide bonds. The Morgan fingerprint density at radius 1 is 1.48 bits per heavy atom. The molecule has 0 unspecified atom stereocenters. The van der Waals surface area contributed by atoms with Crippen LogP contribution in [0.3, 0.4) is 0 Å². The molecule has 6 nitrogen and oxygen atoms in total. The Kier molecular flexibility index (Phi) is 5.03. The Labute approximate surface area is 137 Å². The van der Waals surface area contributed by atoms with Crippen LogP contribution in [0.1, 0.15) is 46.4 Å². The molecular weight excluding hydrogens is 323 g/mol. The van der Waals surface area contributed by atoms with Crippen molar-refractivity contribution in [2.75, 3.05) is 6.54 Å². The first-order valence-electron chi connectivity index (χ1n) is 7.26. The van der Waals surface area contributed by atoms with Gasteiger partial charge in [-0.1, -0.05) is 0 Å². The predicted molar refractivity (Wildman–Crippen MR) is 83.3 cm³/mol. The standard InChI is InChI=1S/C15H19FN2O4S/c1-7(17-9(3)19)14(20)18-6-10(16)4-12(18)13-5-11(15(21)22)8(2)23-13/h5,7,10,12H,4,6H2,1-3H3,(H,17,19)(H,21,22)/t7-,10+,12-/m0/s1. The maximum absolute atomic E-state index is 13.9. The zero-order chi connectivity index (χ0) is 17.3. The van der Waals surface area contributed by atoms with Gasteiger partial charge in [0.1, 0.15) is 12.2 Å². The van der Waals surface area contributed by atoms with Crippen molar-refractivity contribution in [1.82, 2.24) is 10.2 Å². The molecule has 1 saturated heterocycles. The van der Waals surface area contributed by atoms with Gasteiger partial charge in [0.2, 0.25) is 11.8 Å². The number of amides is 2. The molecule has 1 aliphatic rings.